The van der Waals surface area contributed by atoms with Gasteiger partial charge in [0.1, 0.15) is 0 Å². The fourth-order valence-corrected chi connectivity index (χ4v) is 2.56. The Kier molecular flexibility index (Phi) is 5.40. The standard InChI is InChI=1S/C13H26N2O2/c1-5-15(9-10(2)13(16)17)12-6-7-14(4)11(3)8-12/h10-12H,5-9H2,1-4H3,(H,16,17). The zero-order chi connectivity index (χ0) is 13.0. The zero-order valence-corrected chi connectivity index (χ0v) is 11.5. The third kappa shape index (κ3) is 3.96. The van der Waals surface area contributed by atoms with Gasteiger partial charge in [0.25, 0.3) is 0 Å². The minimum Gasteiger partial charge on any atom is -0.481 e. The molecule has 0 spiro atoms. The Labute approximate surface area is 105 Å². The van der Waals surface area contributed by atoms with Gasteiger partial charge in [-0.3, -0.25) is 9.69 Å². The molecule has 0 bridgehead atoms. The van der Waals surface area contributed by atoms with E-state index in [9.17, 15) is 4.79 Å². The molecule has 4 heteroatoms. The lowest BCUT2D eigenvalue weighted by Crippen LogP contribution is -2.49. The largest absolute Gasteiger partial charge is 0.481 e. The molecule has 1 aliphatic rings. The average molecular weight is 242 g/mol. The fraction of sp³-hybridized carbons (Fsp3) is 0.923. The molecule has 0 saturated carbocycles. The molecular formula is C13H26N2O2. The first-order valence-corrected chi connectivity index (χ1v) is 6.62. The van der Waals surface area contributed by atoms with Gasteiger partial charge in [-0.1, -0.05) is 13.8 Å². The molecule has 1 aliphatic heterocycles. The lowest BCUT2D eigenvalue weighted by atomic mass is 9.96. The Balaban J connectivity index is 2.53. The molecule has 1 fully saturated rings. The van der Waals surface area contributed by atoms with Crippen molar-refractivity contribution in [1.29, 1.82) is 0 Å². The Morgan fingerprint density at radius 2 is 2.24 bits per heavy atom. The zero-order valence-electron chi connectivity index (χ0n) is 11.5. The molecule has 0 aromatic heterocycles. The van der Waals surface area contributed by atoms with Crippen LogP contribution in [0.25, 0.3) is 0 Å². The van der Waals surface area contributed by atoms with Crippen LogP contribution < -0.4 is 0 Å². The van der Waals surface area contributed by atoms with E-state index < -0.39 is 5.97 Å². The topological polar surface area (TPSA) is 43.8 Å². The van der Waals surface area contributed by atoms with Crippen LogP contribution in [0.15, 0.2) is 0 Å². The molecule has 0 aromatic carbocycles. The minimum atomic E-state index is -0.690. The minimum absolute atomic E-state index is 0.273. The molecule has 3 atom stereocenters. The molecule has 0 amide bonds. The van der Waals surface area contributed by atoms with Gasteiger partial charge in [-0.15, -0.1) is 0 Å². The van der Waals surface area contributed by atoms with E-state index in [1.807, 2.05) is 0 Å². The van der Waals surface area contributed by atoms with E-state index in [2.05, 4.69) is 30.7 Å². The van der Waals surface area contributed by atoms with Crippen LogP contribution in [0.5, 0.6) is 0 Å². The van der Waals surface area contributed by atoms with Crippen LogP contribution in [-0.2, 0) is 4.79 Å². The van der Waals surface area contributed by atoms with E-state index in [4.69, 9.17) is 5.11 Å². The number of piperidine rings is 1. The summed E-state index contributed by atoms with van der Waals surface area (Å²) in [5, 5.41) is 8.98. The van der Waals surface area contributed by atoms with Crippen LogP contribution in [0.4, 0.5) is 0 Å². The first kappa shape index (κ1) is 14.5. The quantitative estimate of drug-likeness (QED) is 0.793. The molecule has 3 unspecified atom stereocenters. The SMILES string of the molecule is CCN(CC(C)C(=O)O)C1CCN(C)C(C)C1. The lowest BCUT2D eigenvalue weighted by Gasteiger charge is -2.41. The third-order valence-electron chi connectivity index (χ3n) is 4.03. The number of nitrogens with zero attached hydrogens (tertiary/aromatic N) is 2. The number of carbonyl (C=O) groups is 1. The average Bonchev–Trinajstić information content (AvgIpc) is 2.29. The van der Waals surface area contributed by atoms with Gasteiger partial charge in [0.15, 0.2) is 0 Å². The number of hydrogen-bond donors (Lipinski definition) is 1. The highest BCUT2D eigenvalue weighted by Crippen LogP contribution is 2.21. The number of likely N-dealkylation sites (tertiary alicyclic amines) is 1. The highest BCUT2D eigenvalue weighted by molar-refractivity contribution is 5.69. The summed E-state index contributed by atoms with van der Waals surface area (Å²) in [4.78, 5) is 15.6. The van der Waals surface area contributed by atoms with Gasteiger partial charge >= 0.3 is 5.97 Å². The molecule has 1 saturated heterocycles. The Hall–Kier alpha value is -0.610. The second-order valence-electron chi connectivity index (χ2n) is 5.33. The van der Waals surface area contributed by atoms with Gasteiger partial charge in [-0.25, -0.2) is 0 Å². The molecular weight excluding hydrogens is 216 g/mol. The van der Waals surface area contributed by atoms with Gasteiger partial charge in [0.05, 0.1) is 5.92 Å². The summed E-state index contributed by atoms with van der Waals surface area (Å²) >= 11 is 0. The number of rotatable bonds is 5. The predicted octanol–water partition coefficient (Wildman–Crippen LogP) is 1.51. The highest BCUT2D eigenvalue weighted by atomic mass is 16.4. The van der Waals surface area contributed by atoms with Crippen molar-refractivity contribution in [2.24, 2.45) is 5.92 Å². The Bertz CT molecular complexity index is 258. The van der Waals surface area contributed by atoms with Crippen LogP contribution in [0.3, 0.4) is 0 Å². The van der Waals surface area contributed by atoms with E-state index in [1.165, 1.54) is 0 Å². The summed E-state index contributed by atoms with van der Waals surface area (Å²) in [7, 11) is 2.16. The van der Waals surface area contributed by atoms with Crippen molar-refractivity contribution in [3.63, 3.8) is 0 Å². The maximum atomic E-state index is 10.9. The summed E-state index contributed by atoms with van der Waals surface area (Å²) in [6.07, 6.45) is 2.30. The molecule has 1 N–H and O–H groups in total. The van der Waals surface area contributed by atoms with E-state index >= 15 is 0 Å². The molecule has 100 valence electrons. The van der Waals surface area contributed by atoms with Crippen LogP contribution in [0.1, 0.15) is 33.6 Å². The van der Waals surface area contributed by atoms with Crippen molar-refractivity contribution < 1.29 is 9.90 Å². The highest BCUT2D eigenvalue weighted by Gasteiger charge is 2.28. The van der Waals surface area contributed by atoms with Gasteiger partial charge in [-0.05, 0) is 39.9 Å². The van der Waals surface area contributed by atoms with Crippen molar-refractivity contribution in [3.05, 3.63) is 0 Å². The monoisotopic (exact) mass is 242 g/mol. The van der Waals surface area contributed by atoms with Crippen LogP contribution >= 0.6 is 0 Å². The van der Waals surface area contributed by atoms with Gasteiger partial charge in [-0.2, -0.15) is 0 Å². The normalized spacial score (nSPS) is 28.3. The van der Waals surface area contributed by atoms with Crippen LogP contribution in [0, 0.1) is 5.92 Å². The van der Waals surface area contributed by atoms with E-state index in [-0.39, 0.29) is 5.92 Å². The second kappa shape index (κ2) is 6.36. The number of aliphatic carboxylic acids is 1. The molecule has 1 rings (SSSR count). The second-order valence-corrected chi connectivity index (χ2v) is 5.33. The Morgan fingerprint density at radius 1 is 1.59 bits per heavy atom. The molecule has 0 aromatic rings. The number of carboxylic acids is 1. The fourth-order valence-electron chi connectivity index (χ4n) is 2.56. The maximum Gasteiger partial charge on any atom is 0.307 e. The number of hydrogen-bond acceptors (Lipinski definition) is 3. The van der Waals surface area contributed by atoms with E-state index in [1.54, 1.807) is 6.92 Å². The van der Waals surface area contributed by atoms with Crippen molar-refractivity contribution in [1.82, 2.24) is 9.80 Å². The van der Waals surface area contributed by atoms with Crippen molar-refractivity contribution in [2.75, 3.05) is 26.7 Å². The first-order valence-electron chi connectivity index (χ1n) is 6.62. The maximum absolute atomic E-state index is 10.9. The molecule has 1 heterocycles. The summed E-state index contributed by atoms with van der Waals surface area (Å²) in [5.41, 5.74) is 0. The summed E-state index contributed by atoms with van der Waals surface area (Å²) < 4.78 is 0. The van der Waals surface area contributed by atoms with Crippen LogP contribution in [-0.4, -0.2) is 59.6 Å². The summed E-state index contributed by atoms with van der Waals surface area (Å²) in [5.74, 6) is -0.964. The lowest BCUT2D eigenvalue weighted by molar-refractivity contribution is -0.142. The van der Waals surface area contributed by atoms with Gasteiger partial charge < -0.3 is 10.0 Å². The number of carboxylic acid groups (broad SMARTS) is 1. The smallest absolute Gasteiger partial charge is 0.307 e. The third-order valence-corrected chi connectivity index (χ3v) is 4.03. The van der Waals surface area contributed by atoms with E-state index in [0.29, 0.717) is 18.6 Å². The predicted molar refractivity (Wildman–Crippen MR) is 69.2 cm³/mol. The van der Waals surface area contributed by atoms with Gasteiger partial charge in [0.2, 0.25) is 0 Å². The molecule has 0 aliphatic carbocycles. The van der Waals surface area contributed by atoms with Crippen LogP contribution in [0.2, 0.25) is 0 Å². The summed E-state index contributed by atoms with van der Waals surface area (Å²) in [6, 6.07) is 1.15. The summed E-state index contributed by atoms with van der Waals surface area (Å²) in [6.45, 7) is 8.90. The first-order chi connectivity index (χ1) is 7.95. The molecule has 4 nitrogen and oxygen atoms in total. The molecule has 0 radical (unpaired) electrons. The molecule has 17 heavy (non-hydrogen) atoms. The van der Waals surface area contributed by atoms with Crippen molar-refractivity contribution >= 4 is 5.97 Å². The Morgan fingerprint density at radius 3 is 2.71 bits per heavy atom. The van der Waals surface area contributed by atoms with Gasteiger partial charge in [0, 0.05) is 18.6 Å². The van der Waals surface area contributed by atoms with Crippen molar-refractivity contribution in [3.8, 4) is 0 Å². The van der Waals surface area contributed by atoms with Crippen molar-refractivity contribution in [2.45, 2.75) is 45.7 Å². The van der Waals surface area contributed by atoms with E-state index in [0.717, 1.165) is 25.9 Å².